The van der Waals surface area contributed by atoms with E-state index in [9.17, 15) is 10.1 Å². The molecule has 0 bridgehead atoms. The zero-order chi connectivity index (χ0) is 13.5. The molecular weight excluding hydrogens is 236 g/mol. The first kappa shape index (κ1) is 14.2. The molecule has 0 fully saturated rings. The summed E-state index contributed by atoms with van der Waals surface area (Å²) in [6, 6.07) is 2.98. The molecule has 1 aromatic heterocycles. The molecule has 2 N–H and O–H groups in total. The Kier molecular flexibility index (Phi) is 5.31. The molecule has 100 valence electrons. The fourth-order valence-corrected chi connectivity index (χ4v) is 1.33. The topological polar surface area (TPSA) is 89.3 Å². The molecule has 0 radical (unpaired) electrons. The molecule has 0 aliphatic heterocycles. The first-order chi connectivity index (χ1) is 8.54. The van der Waals surface area contributed by atoms with Crippen LogP contribution < -0.4 is 10.6 Å². The number of nitrogens with zero attached hydrogens (tertiary/aromatic N) is 2. The lowest BCUT2D eigenvalue weighted by atomic mass is 10.3. The molecule has 0 saturated carbocycles. The minimum atomic E-state index is -0.460. The molecule has 0 saturated heterocycles. The SMILES string of the molecule is CNc1ccc([N+](=O)[O-])c(NCCOC(C)C)n1. The van der Waals surface area contributed by atoms with Gasteiger partial charge in [-0.05, 0) is 19.9 Å². The van der Waals surface area contributed by atoms with Crippen LogP contribution in [0.5, 0.6) is 0 Å². The summed E-state index contributed by atoms with van der Waals surface area (Å²) in [5, 5.41) is 16.6. The summed E-state index contributed by atoms with van der Waals surface area (Å²) in [5.74, 6) is 0.826. The van der Waals surface area contributed by atoms with E-state index in [-0.39, 0.29) is 17.6 Å². The largest absolute Gasteiger partial charge is 0.377 e. The van der Waals surface area contributed by atoms with Crippen LogP contribution in [0.4, 0.5) is 17.3 Å². The summed E-state index contributed by atoms with van der Waals surface area (Å²) in [6.45, 7) is 4.81. The molecule has 18 heavy (non-hydrogen) atoms. The van der Waals surface area contributed by atoms with E-state index in [2.05, 4.69) is 15.6 Å². The lowest BCUT2D eigenvalue weighted by Crippen LogP contribution is -2.15. The highest BCUT2D eigenvalue weighted by molar-refractivity contribution is 5.60. The third-order valence-corrected chi connectivity index (χ3v) is 2.17. The summed E-state index contributed by atoms with van der Waals surface area (Å²) in [6.07, 6.45) is 0.137. The quantitative estimate of drug-likeness (QED) is 0.438. The molecule has 0 unspecified atom stereocenters. The number of rotatable bonds is 7. The van der Waals surface area contributed by atoms with E-state index in [1.54, 1.807) is 13.1 Å². The van der Waals surface area contributed by atoms with Crippen LogP contribution in [0.25, 0.3) is 0 Å². The van der Waals surface area contributed by atoms with Crippen molar-refractivity contribution in [1.29, 1.82) is 0 Å². The van der Waals surface area contributed by atoms with Crippen molar-refractivity contribution in [2.24, 2.45) is 0 Å². The van der Waals surface area contributed by atoms with Gasteiger partial charge in [0.2, 0.25) is 5.82 Å². The third-order valence-electron chi connectivity index (χ3n) is 2.17. The lowest BCUT2D eigenvalue weighted by Gasteiger charge is -2.10. The molecule has 0 spiro atoms. The van der Waals surface area contributed by atoms with Gasteiger partial charge in [-0.25, -0.2) is 4.98 Å². The van der Waals surface area contributed by atoms with Crippen molar-refractivity contribution in [1.82, 2.24) is 4.98 Å². The summed E-state index contributed by atoms with van der Waals surface area (Å²) >= 11 is 0. The van der Waals surface area contributed by atoms with Gasteiger partial charge in [-0.2, -0.15) is 0 Å². The van der Waals surface area contributed by atoms with Crippen molar-refractivity contribution in [3.63, 3.8) is 0 Å². The van der Waals surface area contributed by atoms with Gasteiger partial charge in [0.1, 0.15) is 5.82 Å². The Morgan fingerprint density at radius 3 is 2.78 bits per heavy atom. The Balaban J connectivity index is 2.69. The van der Waals surface area contributed by atoms with Crippen molar-refractivity contribution in [3.05, 3.63) is 22.2 Å². The molecule has 1 rings (SSSR count). The Morgan fingerprint density at radius 2 is 2.22 bits per heavy atom. The predicted octanol–water partition coefficient (Wildman–Crippen LogP) is 1.87. The monoisotopic (exact) mass is 254 g/mol. The number of nitro groups is 1. The standard InChI is InChI=1S/C11H18N4O3/c1-8(2)18-7-6-13-11-9(15(16)17)4-5-10(12-3)14-11/h4-5,8H,6-7H2,1-3H3,(H2,12,13,14). The Morgan fingerprint density at radius 1 is 1.50 bits per heavy atom. The summed E-state index contributed by atoms with van der Waals surface area (Å²) in [7, 11) is 1.71. The van der Waals surface area contributed by atoms with Gasteiger partial charge in [-0.15, -0.1) is 0 Å². The van der Waals surface area contributed by atoms with Gasteiger partial charge >= 0.3 is 5.69 Å². The van der Waals surface area contributed by atoms with Gasteiger partial charge in [0, 0.05) is 19.7 Å². The van der Waals surface area contributed by atoms with E-state index in [0.29, 0.717) is 19.0 Å². The van der Waals surface area contributed by atoms with Crippen LogP contribution in [0, 0.1) is 10.1 Å². The smallest absolute Gasteiger partial charge is 0.311 e. The molecule has 0 aromatic carbocycles. The first-order valence-electron chi connectivity index (χ1n) is 5.73. The number of anilines is 2. The van der Waals surface area contributed by atoms with E-state index < -0.39 is 4.92 Å². The molecule has 0 atom stereocenters. The second kappa shape index (κ2) is 6.75. The fraction of sp³-hybridized carbons (Fsp3) is 0.545. The number of pyridine rings is 1. The molecular formula is C11H18N4O3. The van der Waals surface area contributed by atoms with Gasteiger partial charge in [0.25, 0.3) is 0 Å². The number of hydrogen-bond acceptors (Lipinski definition) is 6. The summed E-state index contributed by atoms with van der Waals surface area (Å²) in [4.78, 5) is 14.5. The van der Waals surface area contributed by atoms with Crippen LogP contribution >= 0.6 is 0 Å². The maximum Gasteiger partial charge on any atom is 0.311 e. The Hall–Kier alpha value is -1.89. The van der Waals surface area contributed by atoms with Crippen molar-refractivity contribution < 1.29 is 9.66 Å². The maximum absolute atomic E-state index is 10.8. The Labute approximate surface area is 106 Å². The van der Waals surface area contributed by atoms with Gasteiger partial charge < -0.3 is 15.4 Å². The molecule has 7 heteroatoms. The van der Waals surface area contributed by atoms with Gasteiger partial charge in [0.05, 0.1) is 17.6 Å². The van der Waals surface area contributed by atoms with Crippen LogP contribution in [0.3, 0.4) is 0 Å². The number of aromatic nitrogens is 1. The number of ether oxygens (including phenoxy) is 1. The van der Waals surface area contributed by atoms with Gasteiger partial charge in [0.15, 0.2) is 0 Å². The highest BCUT2D eigenvalue weighted by atomic mass is 16.6. The van der Waals surface area contributed by atoms with E-state index in [0.717, 1.165) is 0 Å². The first-order valence-corrected chi connectivity index (χ1v) is 5.73. The summed E-state index contributed by atoms with van der Waals surface area (Å²) in [5.41, 5.74) is -0.0430. The normalized spacial score (nSPS) is 10.4. The minimum Gasteiger partial charge on any atom is -0.377 e. The predicted molar refractivity (Wildman–Crippen MR) is 70.0 cm³/mol. The van der Waals surface area contributed by atoms with Crippen molar-refractivity contribution >= 4 is 17.3 Å². The number of hydrogen-bond donors (Lipinski definition) is 2. The van der Waals surface area contributed by atoms with Crippen LogP contribution in [-0.2, 0) is 4.74 Å². The van der Waals surface area contributed by atoms with Gasteiger partial charge in [-0.1, -0.05) is 0 Å². The van der Waals surface area contributed by atoms with Crippen LogP contribution in [0.1, 0.15) is 13.8 Å². The van der Waals surface area contributed by atoms with E-state index in [1.165, 1.54) is 6.07 Å². The number of nitrogens with one attached hydrogen (secondary N) is 2. The highest BCUT2D eigenvalue weighted by Crippen LogP contribution is 2.23. The van der Waals surface area contributed by atoms with E-state index >= 15 is 0 Å². The minimum absolute atomic E-state index is 0.0430. The zero-order valence-electron chi connectivity index (χ0n) is 10.8. The van der Waals surface area contributed by atoms with Gasteiger partial charge in [-0.3, -0.25) is 10.1 Å². The lowest BCUT2D eigenvalue weighted by molar-refractivity contribution is -0.384. The third kappa shape index (κ3) is 4.17. The molecule has 0 aliphatic carbocycles. The van der Waals surface area contributed by atoms with E-state index in [4.69, 9.17) is 4.74 Å². The fourth-order valence-electron chi connectivity index (χ4n) is 1.33. The maximum atomic E-state index is 10.8. The molecule has 0 aliphatic rings. The molecule has 1 aromatic rings. The van der Waals surface area contributed by atoms with Crippen LogP contribution in [0.2, 0.25) is 0 Å². The highest BCUT2D eigenvalue weighted by Gasteiger charge is 2.15. The van der Waals surface area contributed by atoms with Crippen molar-refractivity contribution in [2.75, 3.05) is 30.8 Å². The average molecular weight is 254 g/mol. The average Bonchev–Trinajstić information content (AvgIpc) is 2.33. The van der Waals surface area contributed by atoms with Crippen LogP contribution in [0.15, 0.2) is 12.1 Å². The Bertz CT molecular complexity index is 409. The molecule has 7 nitrogen and oxygen atoms in total. The zero-order valence-corrected chi connectivity index (χ0v) is 10.8. The molecule has 1 heterocycles. The van der Waals surface area contributed by atoms with Crippen LogP contribution in [-0.4, -0.2) is 36.2 Å². The molecule has 0 amide bonds. The van der Waals surface area contributed by atoms with Crippen molar-refractivity contribution in [2.45, 2.75) is 20.0 Å². The van der Waals surface area contributed by atoms with E-state index in [1.807, 2.05) is 13.8 Å². The second-order valence-corrected chi connectivity index (χ2v) is 3.92. The second-order valence-electron chi connectivity index (χ2n) is 3.92. The summed E-state index contributed by atoms with van der Waals surface area (Å²) < 4.78 is 5.34. The van der Waals surface area contributed by atoms with Crippen molar-refractivity contribution in [3.8, 4) is 0 Å².